The van der Waals surface area contributed by atoms with E-state index < -0.39 is 8.32 Å². The van der Waals surface area contributed by atoms with E-state index in [0.717, 1.165) is 31.2 Å². The molecule has 0 aliphatic heterocycles. The Balaban J connectivity index is 1.89. The molecule has 1 atom stereocenters. The average molecular weight is 615 g/mol. The van der Waals surface area contributed by atoms with Gasteiger partial charge in [-0.05, 0) is 114 Å². The fourth-order valence-corrected chi connectivity index (χ4v) is 7.72. The Morgan fingerprint density at radius 2 is 1.34 bits per heavy atom. The molecule has 0 heterocycles. The number of benzene rings is 3. The topological polar surface area (TPSA) is 35.5 Å². The van der Waals surface area contributed by atoms with E-state index in [1.165, 1.54) is 40.5 Å². The number of carbonyl (C=O) groups excluding carboxylic acids is 1. The van der Waals surface area contributed by atoms with Crippen molar-refractivity contribution in [1.29, 1.82) is 0 Å². The van der Waals surface area contributed by atoms with Crippen molar-refractivity contribution in [2.75, 3.05) is 7.11 Å². The Hall–Kier alpha value is -2.69. The highest BCUT2D eigenvalue weighted by molar-refractivity contribution is 6.74. The van der Waals surface area contributed by atoms with Gasteiger partial charge in [0, 0.05) is 5.41 Å². The fourth-order valence-electron chi connectivity index (χ4n) is 6.18. The molecule has 3 nitrogen and oxygen atoms in total. The van der Waals surface area contributed by atoms with Gasteiger partial charge in [0.1, 0.15) is 0 Å². The molecule has 0 saturated carbocycles. The summed E-state index contributed by atoms with van der Waals surface area (Å²) in [7, 11) is -0.456. The molecular formula is C40H58O3Si. The van der Waals surface area contributed by atoms with Crippen LogP contribution in [0.5, 0.6) is 0 Å². The third-order valence-electron chi connectivity index (χ3n) is 10.4. The van der Waals surface area contributed by atoms with Crippen LogP contribution in [-0.4, -0.2) is 27.5 Å². The van der Waals surface area contributed by atoms with Crippen LogP contribution in [0.1, 0.15) is 113 Å². The van der Waals surface area contributed by atoms with Gasteiger partial charge >= 0.3 is 5.97 Å². The summed E-state index contributed by atoms with van der Waals surface area (Å²) in [4.78, 5) is 11.9. The van der Waals surface area contributed by atoms with E-state index in [1.807, 2.05) is 24.3 Å². The predicted octanol–water partition coefficient (Wildman–Crippen LogP) is 11.2. The standard InChI is InChI=1S/C40H58O3Si/c1-14-40(15-2,34-23-24-35(29(4)27-34)31-16-18-32(19-17-31)37(41)42-11)33-22-20-30(28(3)26-33)21-25-36(38(5,6)7)43-44(12,13)39(8,9)10/h16-20,22-24,26-27,36H,14-15,21,25H2,1-13H3. The second-order valence-electron chi connectivity index (χ2n) is 15.3. The Morgan fingerprint density at radius 1 is 0.795 bits per heavy atom. The molecule has 3 rings (SSSR count). The molecule has 0 fully saturated rings. The molecule has 1 unspecified atom stereocenters. The lowest BCUT2D eigenvalue weighted by atomic mass is 9.69. The molecule has 0 saturated heterocycles. The highest BCUT2D eigenvalue weighted by Crippen LogP contribution is 2.43. The maximum absolute atomic E-state index is 11.9. The van der Waals surface area contributed by atoms with Crippen LogP contribution in [0.4, 0.5) is 0 Å². The summed E-state index contributed by atoms with van der Waals surface area (Å²) in [6.45, 7) is 27.8. The number of ether oxygens (including phenoxy) is 1. The lowest BCUT2D eigenvalue weighted by Crippen LogP contribution is -2.47. The van der Waals surface area contributed by atoms with E-state index in [2.05, 4.69) is 119 Å². The summed E-state index contributed by atoms with van der Waals surface area (Å²) >= 11 is 0. The normalized spacial score (nSPS) is 13.6. The molecule has 0 aliphatic rings. The van der Waals surface area contributed by atoms with Crippen LogP contribution >= 0.6 is 0 Å². The summed E-state index contributed by atoms with van der Waals surface area (Å²) in [5.74, 6) is -0.311. The monoisotopic (exact) mass is 614 g/mol. The van der Waals surface area contributed by atoms with E-state index >= 15 is 0 Å². The van der Waals surface area contributed by atoms with Gasteiger partial charge in [-0.2, -0.15) is 0 Å². The summed E-state index contributed by atoms with van der Waals surface area (Å²) in [6, 6.07) is 21.8. The zero-order valence-electron chi connectivity index (χ0n) is 29.9. The number of esters is 1. The van der Waals surface area contributed by atoms with E-state index in [9.17, 15) is 4.79 Å². The number of rotatable bonds is 11. The van der Waals surface area contributed by atoms with E-state index in [0.29, 0.717) is 5.56 Å². The highest BCUT2D eigenvalue weighted by Gasteiger charge is 2.41. The van der Waals surface area contributed by atoms with Crippen molar-refractivity contribution >= 4 is 14.3 Å². The minimum Gasteiger partial charge on any atom is -0.465 e. The van der Waals surface area contributed by atoms with Crippen molar-refractivity contribution < 1.29 is 14.0 Å². The molecule has 44 heavy (non-hydrogen) atoms. The summed E-state index contributed by atoms with van der Waals surface area (Å²) < 4.78 is 11.9. The third-order valence-corrected chi connectivity index (χ3v) is 14.9. The Morgan fingerprint density at radius 3 is 1.80 bits per heavy atom. The van der Waals surface area contributed by atoms with Crippen molar-refractivity contribution in [2.45, 2.75) is 125 Å². The number of methoxy groups -OCH3 is 1. The second kappa shape index (κ2) is 13.7. The lowest BCUT2D eigenvalue weighted by molar-refractivity contribution is 0.0600. The number of hydrogen-bond acceptors (Lipinski definition) is 3. The van der Waals surface area contributed by atoms with Gasteiger partial charge in [-0.25, -0.2) is 4.79 Å². The molecule has 0 amide bonds. The highest BCUT2D eigenvalue weighted by atomic mass is 28.4. The molecule has 0 N–H and O–H groups in total. The van der Waals surface area contributed by atoms with Gasteiger partial charge in [0.15, 0.2) is 8.32 Å². The second-order valence-corrected chi connectivity index (χ2v) is 20.1. The maximum atomic E-state index is 11.9. The van der Waals surface area contributed by atoms with Crippen LogP contribution in [0.2, 0.25) is 18.1 Å². The van der Waals surface area contributed by atoms with Gasteiger partial charge in [0.25, 0.3) is 0 Å². The van der Waals surface area contributed by atoms with Crippen molar-refractivity contribution in [1.82, 2.24) is 0 Å². The lowest BCUT2D eigenvalue weighted by Gasteiger charge is -2.43. The van der Waals surface area contributed by atoms with Crippen LogP contribution in [0.3, 0.4) is 0 Å². The van der Waals surface area contributed by atoms with E-state index in [4.69, 9.17) is 9.16 Å². The van der Waals surface area contributed by atoms with Gasteiger partial charge < -0.3 is 9.16 Å². The molecule has 0 aromatic heterocycles. The molecule has 240 valence electrons. The van der Waals surface area contributed by atoms with Crippen molar-refractivity contribution in [3.05, 3.63) is 94.0 Å². The van der Waals surface area contributed by atoms with Crippen LogP contribution in [-0.2, 0) is 21.0 Å². The molecule has 3 aromatic rings. The van der Waals surface area contributed by atoms with E-state index in [-0.39, 0.29) is 27.9 Å². The third kappa shape index (κ3) is 7.74. The van der Waals surface area contributed by atoms with E-state index in [1.54, 1.807) is 0 Å². The molecule has 0 bridgehead atoms. The molecule has 3 aromatic carbocycles. The molecular weight excluding hydrogens is 557 g/mol. The Labute approximate surface area is 269 Å². The number of carbonyl (C=O) groups is 1. The summed E-state index contributed by atoms with van der Waals surface area (Å²) in [5, 5.41) is 0.198. The quantitative estimate of drug-likeness (QED) is 0.159. The average Bonchev–Trinajstić information content (AvgIpc) is 2.95. The number of aryl methyl sites for hydroxylation is 3. The SMILES string of the molecule is CCC(CC)(c1ccc(CCC(O[Si](C)(C)C(C)(C)C)C(C)(C)C)c(C)c1)c1ccc(-c2ccc(C(=O)OC)cc2)c(C)c1. The first-order valence-electron chi connectivity index (χ1n) is 16.5. The van der Waals surface area contributed by atoms with Crippen molar-refractivity contribution in [2.24, 2.45) is 5.41 Å². The zero-order chi connectivity index (χ0) is 33.1. The van der Waals surface area contributed by atoms with Crippen molar-refractivity contribution in [3.8, 4) is 11.1 Å². The molecule has 0 spiro atoms. The largest absolute Gasteiger partial charge is 0.465 e. The van der Waals surface area contributed by atoms with Gasteiger partial charge in [-0.3, -0.25) is 0 Å². The van der Waals surface area contributed by atoms with Crippen LogP contribution in [0.15, 0.2) is 60.7 Å². The van der Waals surface area contributed by atoms with Gasteiger partial charge in [-0.15, -0.1) is 0 Å². The van der Waals surface area contributed by atoms with Gasteiger partial charge in [-0.1, -0.05) is 104 Å². The zero-order valence-corrected chi connectivity index (χ0v) is 30.9. The first-order chi connectivity index (χ1) is 20.4. The molecule has 4 heteroatoms. The fraction of sp³-hybridized carbons (Fsp3) is 0.525. The number of hydrogen-bond donors (Lipinski definition) is 0. The smallest absolute Gasteiger partial charge is 0.337 e. The minimum atomic E-state index is -1.87. The minimum absolute atomic E-state index is 0.0549. The maximum Gasteiger partial charge on any atom is 0.337 e. The molecule has 0 radical (unpaired) electrons. The first kappa shape index (κ1) is 35.8. The van der Waals surface area contributed by atoms with Crippen LogP contribution in [0, 0.1) is 19.3 Å². The van der Waals surface area contributed by atoms with Crippen LogP contribution < -0.4 is 0 Å². The molecule has 0 aliphatic carbocycles. The Bertz CT molecular complexity index is 1420. The summed E-state index contributed by atoms with van der Waals surface area (Å²) in [5.41, 5.74) is 9.67. The van der Waals surface area contributed by atoms with Gasteiger partial charge in [0.05, 0.1) is 18.8 Å². The van der Waals surface area contributed by atoms with Crippen molar-refractivity contribution in [3.63, 3.8) is 0 Å². The van der Waals surface area contributed by atoms with Gasteiger partial charge in [0.2, 0.25) is 0 Å². The Kier molecular flexibility index (Phi) is 11.2. The van der Waals surface area contributed by atoms with Crippen LogP contribution in [0.25, 0.3) is 11.1 Å². The predicted molar refractivity (Wildman–Crippen MR) is 190 cm³/mol. The first-order valence-corrected chi connectivity index (χ1v) is 19.4. The summed E-state index contributed by atoms with van der Waals surface area (Å²) in [6.07, 6.45) is 4.34.